The molecule has 210 valence electrons. The number of rotatable bonds is 9. The number of fused-ring (bicyclic) bond motifs is 1. The molecule has 0 bridgehead atoms. The molecule has 0 aliphatic carbocycles. The number of nitrogens with two attached hydrogens (primary N) is 1. The average molecular weight is 590 g/mol. The van der Waals surface area contributed by atoms with Crippen molar-refractivity contribution in [2.75, 3.05) is 5.73 Å². The van der Waals surface area contributed by atoms with Crippen molar-refractivity contribution in [1.82, 2.24) is 19.3 Å². The van der Waals surface area contributed by atoms with E-state index in [0.717, 1.165) is 30.4 Å². The minimum Gasteiger partial charge on any atom is -0.384 e. The Morgan fingerprint density at radius 2 is 1.85 bits per heavy atom. The minimum absolute atomic E-state index is 0.0162. The zero-order valence-corrected chi connectivity index (χ0v) is 23.8. The highest BCUT2D eigenvalue weighted by molar-refractivity contribution is 7.90. The molecule has 3 heterocycles. The summed E-state index contributed by atoms with van der Waals surface area (Å²) in [5, 5.41) is 0.901. The van der Waals surface area contributed by atoms with Crippen molar-refractivity contribution < 1.29 is 13.2 Å². The number of aryl methyl sites for hydroxylation is 1. The average Bonchev–Trinajstić information content (AvgIpc) is 3.25. The van der Waals surface area contributed by atoms with Gasteiger partial charge in [-0.1, -0.05) is 37.1 Å². The van der Waals surface area contributed by atoms with E-state index in [0.29, 0.717) is 15.9 Å². The van der Waals surface area contributed by atoms with E-state index >= 15 is 0 Å². The number of halogens is 1. The Labute approximate surface area is 242 Å². The smallest absolute Gasteiger partial charge is 0.282 e. The van der Waals surface area contributed by atoms with Crippen molar-refractivity contribution in [3.05, 3.63) is 111 Å². The summed E-state index contributed by atoms with van der Waals surface area (Å²) in [6.45, 7) is 2.23. The topological polar surface area (TPSA) is 140 Å². The number of amides is 1. The highest BCUT2D eigenvalue weighted by Gasteiger charge is 2.29. The summed E-state index contributed by atoms with van der Waals surface area (Å²) >= 11 is 6.35. The first kappa shape index (κ1) is 28.1. The Bertz CT molecular complexity index is 1910. The number of nitrogens with one attached hydrogen (secondary N) is 2. The number of hydrogen-bond acceptors (Lipinski definition) is 6. The van der Waals surface area contributed by atoms with Crippen molar-refractivity contribution in [3.63, 3.8) is 0 Å². The van der Waals surface area contributed by atoms with E-state index in [1.165, 1.54) is 18.3 Å². The van der Waals surface area contributed by atoms with E-state index in [2.05, 4.69) is 21.6 Å². The second-order valence-corrected chi connectivity index (χ2v) is 11.8. The summed E-state index contributed by atoms with van der Waals surface area (Å²) in [7, 11) is -4.25. The molecule has 11 heteroatoms. The Morgan fingerprint density at radius 1 is 1.07 bits per heavy atom. The summed E-state index contributed by atoms with van der Waals surface area (Å²) in [5.74, 6) is -0.606. The molecule has 9 nitrogen and oxygen atoms in total. The van der Waals surface area contributed by atoms with Gasteiger partial charge in [0.15, 0.2) is 0 Å². The molecule has 2 aromatic carbocycles. The predicted molar refractivity (Wildman–Crippen MR) is 160 cm³/mol. The van der Waals surface area contributed by atoms with Crippen LogP contribution in [0.25, 0.3) is 22.0 Å². The molecule has 0 saturated heterocycles. The molecule has 0 aliphatic heterocycles. The number of hydrogen-bond donors (Lipinski definition) is 3. The molecule has 5 aromatic rings. The van der Waals surface area contributed by atoms with E-state index < -0.39 is 21.5 Å². The van der Waals surface area contributed by atoms with E-state index in [9.17, 15) is 18.0 Å². The van der Waals surface area contributed by atoms with Crippen molar-refractivity contribution in [2.45, 2.75) is 37.6 Å². The fourth-order valence-corrected chi connectivity index (χ4v) is 5.96. The summed E-state index contributed by atoms with van der Waals surface area (Å²) in [4.78, 5) is 33.6. The van der Waals surface area contributed by atoms with E-state index in [1.54, 1.807) is 65.4 Å². The van der Waals surface area contributed by atoms with Crippen LogP contribution in [0.4, 0.5) is 5.82 Å². The largest absolute Gasteiger partial charge is 0.384 e. The predicted octanol–water partition coefficient (Wildman–Crippen LogP) is 5.14. The third-order valence-corrected chi connectivity index (χ3v) is 8.38. The summed E-state index contributed by atoms with van der Waals surface area (Å²) < 4.78 is 30.6. The molecule has 4 N–H and O–H groups in total. The summed E-state index contributed by atoms with van der Waals surface area (Å²) in [6, 6.07) is 18.1. The number of carbonyl (C=O) groups is 1. The number of carbonyl (C=O) groups excluding carboxylic acids is 1. The van der Waals surface area contributed by atoms with Crippen LogP contribution in [0.5, 0.6) is 0 Å². The number of nitrogen functional groups attached to an aromatic ring is 1. The molecule has 0 saturated carbocycles. The zero-order chi connectivity index (χ0) is 29.1. The molecule has 5 rings (SSSR count). The van der Waals surface area contributed by atoms with Gasteiger partial charge in [0.25, 0.3) is 21.5 Å². The molecule has 0 aliphatic rings. The Balaban J connectivity index is 1.67. The van der Waals surface area contributed by atoms with Gasteiger partial charge in [0, 0.05) is 46.0 Å². The van der Waals surface area contributed by atoms with Crippen LogP contribution in [0.3, 0.4) is 0 Å². The van der Waals surface area contributed by atoms with Crippen LogP contribution in [-0.2, 0) is 23.0 Å². The summed E-state index contributed by atoms with van der Waals surface area (Å²) in [5.41, 5.74) is 8.19. The Hall–Kier alpha value is -4.41. The zero-order valence-electron chi connectivity index (χ0n) is 22.2. The first-order chi connectivity index (χ1) is 19.7. The normalized spacial score (nSPS) is 11.6. The molecular weight excluding hydrogens is 562 g/mol. The first-order valence-electron chi connectivity index (χ1n) is 13.0. The second-order valence-electron chi connectivity index (χ2n) is 9.66. The van der Waals surface area contributed by atoms with E-state index in [-0.39, 0.29) is 34.1 Å². The highest BCUT2D eigenvalue weighted by atomic mass is 35.5. The van der Waals surface area contributed by atoms with Crippen molar-refractivity contribution >= 4 is 44.3 Å². The lowest BCUT2D eigenvalue weighted by atomic mass is 10.0. The van der Waals surface area contributed by atoms with Crippen molar-refractivity contribution in [3.8, 4) is 11.1 Å². The molecule has 0 atom stereocenters. The second kappa shape index (κ2) is 11.6. The SMILES string of the molecule is CCCCc1ccc(S(=O)(=O)NC(=O)c2c(-c3ccc[nH]c3=O)c3cc(Cl)ccc3n2Cc2ccnc(N)c2)cc1. The van der Waals surface area contributed by atoms with Crippen LogP contribution >= 0.6 is 11.6 Å². The van der Waals surface area contributed by atoms with Crippen molar-refractivity contribution in [1.29, 1.82) is 0 Å². The van der Waals surface area contributed by atoms with E-state index in [4.69, 9.17) is 17.3 Å². The monoisotopic (exact) mass is 589 g/mol. The van der Waals surface area contributed by atoms with Crippen LogP contribution in [0.1, 0.15) is 41.4 Å². The number of anilines is 1. The quantitative estimate of drug-likeness (QED) is 0.217. The first-order valence-corrected chi connectivity index (χ1v) is 14.9. The molecule has 1 amide bonds. The minimum atomic E-state index is -4.25. The number of nitrogens with zero attached hydrogens (tertiary/aromatic N) is 2. The molecular formula is C30H28ClN5O4S. The lowest BCUT2D eigenvalue weighted by Gasteiger charge is -2.14. The van der Waals surface area contributed by atoms with E-state index in [1.807, 2.05) is 0 Å². The van der Waals surface area contributed by atoms with Gasteiger partial charge in [-0.15, -0.1) is 0 Å². The molecule has 0 unspecified atom stereocenters. The van der Waals surface area contributed by atoms with Gasteiger partial charge in [0.2, 0.25) is 0 Å². The molecule has 41 heavy (non-hydrogen) atoms. The third-order valence-electron chi connectivity index (χ3n) is 6.79. The van der Waals surface area contributed by atoms with Gasteiger partial charge >= 0.3 is 0 Å². The lowest BCUT2D eigenvalue weighted by molar-refractivity contribution is 0.0974. The van der Waals surface area contributed by atoms with Gasteiger partial charge < -0.3 is 15.3 Å². The maximum absolute atomic E-state index is 14.0. The third kappa shape index (κ3) is 5.89. The standard InChI is InChI=1S/C30H28ClN5O4S/c1-2-3-5-19-7-10-22(11-8-19)41(39,40)35-30(38)28-27(23-6-4-14-34-29(23)37)24-17-21(31)9-12-25(24)36(28)18-20-13-15-33-26(32)16-20/h4,6-17H,2-3,5,18H2,1H3,(H2,32,33)(H,34,37)(H,35,38). The lowest BCUT2D eigenvalue weighted by Crippen LogP contribution is -2.33. The fourth-order valence-electron chi connectivity index (χ4n) is 4.84. The van der Waals surface area contributed by atoms with Crippen LogP contribution < -0.4 is 16.0 Å². The molecule has 3 aromatic heterocycles. The van der Waals surface area contributed by atoms with Gasteiger partial charge in [0.05, 0.1) is 4.90 Å². The number of benzene rings is 2. The number of H-pyrrole nitrogens is 1. The van der Waals surface area contributed by atoms with Crippen LogP contribution in [-0.4, -0.2) is 28.9 Å². The van der Waals surface area contributed by atoms with Gasteiger partial charge in [-0.2, -0.15) is 0 Å². The molecule has 0 radical (unpaired) electrons. The highest BCUT2D eigenvalue weighted by Crippen LogP contribution is 2.36. The Kier molecular flexibility index (Phi) is 7.96. The maximum Gasteiger partial charge on any atom is 0.282 e. The van der Waals surface area contributed by atoms with Crippen molar-refractivity contribution in [2.24, 2.45) is 0 Å². The fraction of sp³-hybridized carbons (Fsp3) is 0.167. The summed E-state index contributed by atoms with van der Waals surface area (Å²) in [6.07, 6.45) is 5.87. The number of aromatic amines is 1. The van der Waals surface area contributed by atoms with Gasteiger partial charge in [0.1, 0.15) is 11.5 Å². The molecule has 0 spiro atoms. The molecule has 0 fully saturated rings. The van der Waals surface area contributed by atoms with Crippen LogP contribution in [0.2, 0.25) is 5.02 Å². The van der Waals surface area contributed by atoms with Crippen LogP contribution in [0, 0.1) is 0 Å². The number of unbranched alkanes of at least 4 members (excludes halogenated alkanes) is 1. The van der Waals surface area contributed by atoms with Gasteiger partial charge in [-0.25, -0.2) is 18.1 Å². The van der Waals surface area contributed by atoms with Gasteiger partial charge in [-0.05, 0) is 78.6 Å². The number of sulfonamides is 1. The number of aromatic nitrogens is 3. The Morgan fingerprint density at radius 3 is 2.56 bits per heavy atom. The van der Waals surface area contributed by atoms with Gasteiger partial charge in [-0.3, -0.25) is 9.59 Å². The number of pyridine rings is 2. The van der Waals surface area contributed by atoms with Crippen LogP contribution in [0.15, 0.2) is 88.8 Å². The maximum atomic E-state index is 14.0.